The molecular weight excluding hydrogens is 364 g/mol. The average Bonchev–Trinajstić information content (AvgIpc) is 2.62. The van der Waals surface area contributed by atoms with Crippen LogP contribution in [0.15, 0.2) is 53.4 Å². The van der Waals surface area contributed by atoms with Gasteiger partial charge in [-0.3, -0.25) is 4.79 Å². The van der Waals surface area contributed by atoms with E-state index >= 15 is 0 Å². The second kappa shape index (κ2) is 10.1. The predicted octanol–water partition coefficient (Wildman–Crippen LogP) is 2.56. The van der Waals surface area contributed by atoms with E-state index in [2.05, 4.69) is 10.0 Å². The number of carbonyl (C=O) groups is 1. The predicted molar refractivity (Wildman–Crippen MR) is 105 cm³/mol. The van der Waals surface area contributed by atoms with E-state index in [9.17, 15) is 13.2 Å². The smallest absolute Gasteiger partial charge is 0.240 e. The van der Waals surface area contributed by atoms with Crippen molar-refractivity contribution in [1.82, 2.24) is 10.0 Å². The maximum Gasteiger partial charge on any atom is 0.240 e. The normalized spacial score (nSPS) is 11.2. The Morgan fingerprint density at radius 2 is 1.78 bits per heavy atom. The van der Waals surface area contributed by atoms with Crippen LogP contribution in [0.4, 0.5) is 0 Å². The molecule has 2 N–H and O–H groups in total. The van der Waals surface area contributed by atoms with Crippen LogP contribution in [0.3, 0.4) is 0 Å². The standard InChI is InChI=1S/C20H26N2O4S/c1-16-9-10-19(17(2)15-16)27(24,25)22-13-11-20(23)21-12-6-14-26-18-7-4-3-5-8-18/h3-5,7-10,15,22H,6,11-14H2,1-2H3,(H,21,23). The Morgan fingerprint density at radius 1 is 1.04 bits per heavy atom. The zero-order valence-corrected chi connectivity index (χ0v) is 16.5. The molecule has 0 aliphatic rings. The van der Waals surface area contributed by atoms with Gasteiger partial charge in [-0.15, -0.1) is 0 Å². The third-order valence-electron chi connectivity index (χ3n) is 3.92. The van der Waals surface area contributed by atoms with Crippen molar-refractivity contribution in [2.24, 2.45) is 0 Å². The summed E-state index contributed by atoms with van der Waals surface area (Å²) in [5.41, 5.74) is 1.69. The molecule has 0 unspecified atom stereocenters. The molecule has 2 rings (SSSR count). The number of para-hydroxylation sites is 1. The van der Waals surface area contributed by atoms with Gasteiger partial charge in [-0.2, -0.15) is 0 Å². The Bertz CT molecular complexity index is 852. The lowest BCUT2D eigenvalue weighted by atomic mass is 10.2. The monoisotopic (exact) mass is 390 g/mol. The van der Waals surface area contributed by atoms with Gasteiger partial charge in [0, 0.05) is 19.5 Å². The minimum absolute atomic E-state index is 0.0575. The maximum atomic E-state index is 12.3. The molecule has 0 spiro atoms. The van der Waals surface area contributed by atoms with Crippen molar-refractivity contribution in [1.29, 1.82) is 0 Å². The number of rotatable bonds is 10. The van der Waals surface area contributed by atoms with Crippen LogP contribution in [0.25, 0.3) is 0 Å². The van der Waals surface area contributed by atoms with E-state index in [4.69, 9.17) is 4.74 Å². The molecule has 0 radical (unpaired) electrons. The highest BCUT2D eigenvalue weighted by Gasteiger charge is 2.16. The number of nitrogens with one attached hydrogen (secondary N) is 2. The molecule has 146 valence electrons. The number of amides is 1. The number of sulfonamides is 1. The molecule has 0 heterocycles. The van der Waals surface area contributed by atoms with Crippen LogP contribution in [-0.2, 0) is 14.8 Å². The molecule has 0 saturated heterocycles. The number of carbonyl (C=O) groups excluding carboxylic acids is 1. The third-order valence-corrected chi connectivity index (χ3v) is 5.54. The van der Waals surface area contributed by atoms with E-state index in [1.807, 2.05) is 43.3 Å². The molecule has 2 aromatic rings. The Hall–Kier alpha value is -2.38. The highest BCUT2D eigenvalue weighted by atomic mass is 32.2. The molecular formula is C20H26N2O4S. The number of hydrogen-bond acceptors (Lipinski definition) is 4. The maximum absolute atomic E-state index is 12.3. The lowest BCUT2D eigenvalue weighted by Gasteiger charge is -2.10. The summed E-state index contributed by atoms with van der Waals surface area (Å²) < 4.78 is 32.7. The van der Waals surface area contributed by atoms with Gasteiger partial charge in [0.1, 0.15) is 5.75 Å². The molecule has 0 aliphatic heterocycles. The summed E-state index contributed by atoms with van der Waals surface area (Å²) in [5.74, 6) is 0.600. The minimum atomic E-state index is -3.61. The molecule has 27 heavy (non-hydrogen) atoms. The van der Waals surface area contributed by atoms with Gasteiger partial charge in [-0.25, -0.2) is 13.1 Å². The zero-order chi connectivity index (χ0) is 19.7. The van der Waals surface area contributed by atoms with Crippen molar-refractivity contribution in [2.45, 2.75) is 31.6 Å². The van der Waals surface area contributed by atoms with Crippen molar-refractivity contribution in [3.8, 4) is 5.75 Å². The molecule has 0 fully saturated rings. The van der Waals surface area contributed by atoms with Crippen LogP contribution in [0.2, 0.25) is 0 Å². The Kier molecular flexibility index (Phi) is 7.82. The van der Waals surface area contributed by atoms with Gasteiger partial charge in [0.05, 0.1) is 11.5 Å². The summed E-state index contributed by atoms with van der Waals surface area (Å²) in [6.07, 6.45) is 0.763. The first-order valence-electron chi connectivity index (χ1n) is 8.90. The van der Waals surface area contributed by atoms with Gasteiger partial charge in [0.2, 0.25) is 15.9 Å². The van der Waals surface area contributed by atoms with Gasteiger partial charge in [-0.1, -0.05) is 35.9 Å². The van der Waals surface area contributed by atoms with Crippen molar-refractivity contribution in [2.75, 3.05) is 19.7 Å². The molecule has 0 saturated carbocycles. The number of ether oxygens (including phenoxy) is 1. The first-order valence-corrected chi connectivity index (χ1v) is 10.4. The topological polar surface area (TPSA) is 84.5 Å². The van der Waals surface area contributed by atoms with E-state index in [1.54, 1.807) is 19.1 Å². The van der Waals surface area contributed by atoms with Crippen LogP contribution in [-0.4, -0.2) is 34.0 Å². The van der Waals surface area contributed by atoms with Gasteiger partial charge in [0.15, 0.2) is 0 Å². The van der Waals surface area contributed by atoms with E-state index in [-0.39, 0.29) is 23.8 Å². The number of benzene rings is 2. The van der Waals surface area contributed by atoms with Gasteiger partial charge in [0.25, 0.3) is 0 Å². The van der Waals surface area contributed by atoms with Crippen LogP contribution in [0, 0.1) is 13.8 Å². The fraction of sp³-hybridized carbons (Fsp3) is 0.350. The van der Waals surface area contributed by atoms with Crippen molar-refractivity contribution in [3.63, 3.8) is 0 Å². The highest BCUT2D eigenvalue weighted by Crippen LogP contribution is 2.16. The summed E-state index contributed by atoms with van der Waals surface area (Å²) in [4.78, 5) is 12.1. The number of aryl methyl sites for hydroxylation is 2. The molecule has 6 nitrogen and oxygen atoms in total. The third kappa shape index (κ3) is 7.03. The van der Waals surface area contributed by atoms with Crippen molar-refractivity contribution >= 4 is 15.9 Å². The van der Waals surface area contributed by atoms with Gasteiger partial charge >= 0.3 is 0 Å². The van der Waals surface area contributed by atoms with Crippen molar-refractivity contribution in [3.05, 3.63) is 59.7 Å². The average molecular weight is 391 g/mol. The van der Waals surface area contributed by atoms with E-state index in [1.165, 1.54) is 0 Å². The lowest BCUT2D eigenvalue weighted by molar-refractivity contribution is -0.120. The molecule has 2 aromatic carbocycles. The molecule has 0 bridgehead atoms. The van der Waals surface area contributed by atoms with Crippen LogP contribution >= 0.6 is 0 Å². The number of hydrogen-bond donors (Lipinski definition) is 2. The second-order valence-corrected chi connectivity index (χ2v) is 8.02. The highest BCUT2D eigenvalue weighted by molar-refractivity contribution is 7.89. The van der Waals surface area contributed by atoms with Gasteiger partial charge in [-0.05, 0) is 44.0 Å². The first-order chi connectivity index (χ1) is 12.9. The fourth-order valence-corrected chi connectivity index (χ4v) is 3.83. The van der Waals surface area contributed by atoms with E-state index in [0.717, 1.165) is 11.3 Å². The van der Waals surface area contributed by atoms with E-state index in [0.29, 0.717) is 25.1 Å². The molecule has 1 amide bonds. The molecule has 7 heteroatoms. The van der Waals surface area contributed by atoms with Crippen molar-refractivity contribution < 1.29 is 17.9 Å². The quantitative estimate of drug-likeness (QED) is 0.611. The first kappa shape index (κ1) is 20.9. The Morgan fingerprint density at radius 3 is 2.48 bits per heavy atom. The Labute approximate surface area is 161 Å². The zero-order valence-electron chi connectivity index (χ0n) is 15.7. The summed E-state index contributed by atoms with van der Waals surface area (Å²) >= 11 is 0. The Balaban J connectivity index is 1.65. The molecule has 0 aliphatic carbocycles. The minimum Gasteiger partial charge on any atom is -0.494 e. The summed E-state index contributed by atoms with van der Waals surface area (Å²) in [6.45, 7) is 4.71. The largest absolute Gasteiger partial charge is 0.494 e. The summed E-state index contributed by atoms with van der Waals surface area (Å²) in [5, 5.41) is 2.76. The van der Waals surface area contributed by atoms with Crippen LogP contribution in [0.5, 0.6) is 5.75 Å². The lowest BCUT2D eigenvalue weighted by Crippen LogP contribution is -2.31. The van der Waals surface area contributed by atoms with E-state index < -0.39 is 10.0 Å². The van der Waals surface area contributed by atoms with Gasteiger partial charge < -0.3 is 10.1 Å². The second-order valence-electron chi connectivity index (χ2n) is 6.28. The molecule has 0 atom stereocenters. The summed E-state index contributed by atoms with van der Waals surface area (Å²) in [6, 6.07) is 14.6. The molecule has 0 aromatic heterocycles. The SMILES string of the molecule is Cc1ccc(S(=O)(=O)NCCC(=O)NCCCOc2ccccc2)c(C)c1. The fourth-order valence-electron chi connectivity index (χ4n) is 2.57. The van der Waals surface area contributed by atoms with Crippen LogP contribution < -0.4 is 14.8 Å². The van der Waals surface area contributed by atoms with Crippen LogP contribution in [0.1, 0.15) is 24.0 Å². The summed E-state index contributed by atoms with van der Waals surface area (Å²) in [7, 11) is -3.61.